The van der Waals surface area contributed by atoms with Crippen molar-refractivity contribution in [2.45, 2.75) is 26.9 Å². The van der Waals surface area contributed by atoms with E-state index in [1.807, 2.05) is 19.1 Å². The van der Waals surface area contributed by atoms with E-state index in [1.165, 1.54) is 11.6 Å². The van der Waals surface area contributed by atoms with E-state index in [0.29, 0.717) is 24.6 Å². The molecule has 2 aromatic carbocycles. The van der Waals surface area contributed by atoms with Crippen molar-refractivity contribution in [2.75, 3.05) is 6.54 Å². The van der Waals surface area contributed by atoms with Crippen molar-refractivity contribution in [1.82, 2.24) is 10.6 Å². The summed E-state index contributed by atoms with van der Waals surface area (Å²) in [6.45, 7) is 5.83. The molecule has 0 heterocycles. The molecule has 0 aliphatic carbocycles. The fourth-order valence-electron chi connectivity index (χ4n) is 2.14. The van der Waals surface area contributed by atoms with E-state index >= 15 is 0 Å². The summed E-state index contributed by atoms with van der Waals surface area (Å²) in [4.78, 5) is 4.54. The maximum absolute atomic E-state index is 13.6. The van der Waals surface area contributed by atoms with Gasteiger partial charge in [-0.05, 0) is 25.5 Å². The number of aryl methyl sites for hydroxylation is 1. The number of nitrogens with zero attached hydrogens (tertiary/aromatic N) is 1. The maximum atomic E-state index is 13.6. The quantitative estimate of drug-likeness (QED) is 0.656. The van der Waals surface area contributed by atoms with Gasteiger partial charge in [-0.15, -0.1) is 0 Å². The van der Waals surface area contributed by atoms with Gasteiger partial charge in [0.05, 0.1) is 6.54 Å². The Morgan fingerprint density at radius 3 is 2.64 bits per heavy atom. The van der Waals surface area contributed by atoms with Crippen LogP contribution >= 0.6 is 0 Å². The number of hydrogen-bond acceptors (Lipinski definition) is 1. The largest absolute Gasteiger partial charge is 0.357 e. The molecule has 2 aromatic rings. The standard InChI is InChI=1S/C18H22FN3/c1-3-20-18(21-12-15-8-6-7-14(2)11-15)22-13-16-9-4-5-10-17(16)19/h4-11H,3,12-13H2,1-2H3,(H2,20,21,22). The highest BCUT2D eigenvalue weighted by atomic mass is 19.1. The van der Waals surface area contributed by atoms with E-state index < -0.39 is 0 Å². The highest BCUT2D eigenvalue weighted by molar-refractivity contribution is 5.79. The molecule has 4 heteroatoms. The molecule has 0 fully saturated rings. The minimum Gasteiger partial charge on any atom is -0.357 e. The summed E-state index contributed by atoms with van der Waals surface area (Å²) in [5.41, 5.74) is 3.00. The summed E-state index contributed by atoms with van der Waals surface area (Å²) in [5, 5.41) is 6.34. The molecule has 0 bridgehead atoms. The van der Waals surface area contributed by atoms with Crippen LogP contribution in [0.1, 0.15) is 23.6 Å². The number of benzene rings is 2. The summed E-state index contributed by atoms with van der Waals surface area (Å²) in [6.07, 6.45) is 0. The van der Waals surface area contributed by atoms with Gasteiger partial charge in [0, 0.05) is 18.7 Å². The fraction of sp³-hybridized carbons (Fsp3) is 0.278. The molecule has 0 unspecified atom stereocenters. The monoisotopic (exact) mass is 299 g/mol. The number of halogens is 1. The molecule has 0 saturated heterocycles. The third-order valence-corrected chi connectivity index (χ3v) is 3.25. The summed E-state index contributed by atoms with van der Waals surface area (Å²) in [7, 11) is 0. The van der Waals surface area contributed by atoms with Gasteiger partial charge in [0.25, 0.3) is 0 Å². The SMILES string of the molecule is CCNC(=NCc1cccc(C)c1)NCc1ccccc1F. The Morgan fingerprint density at radius 1 is 1.09 bits per heavy atom. The van der Waals surface area contributed by atoms with Crippen LogP contribution in [-0.4, -0.2) is 12.5 Å². The van der Waals surface area contributed by atoms with Crippen molar-refractivity contribution in [1.29, 1.82) is 0 Å². The van der Waals surface area contributed by atoms with Crippen molar-refractivity contribution < 1.29 is 4.39 Å². The molecule has 0 radical (unpaired) electrons. The Morgan fingerprint density at radius 2 is 1.91 bits per heavy atom. The molecule has 2 N–H and O–H groups in total. The molecular weight excluding hydrogens is 277 g/mol. The average Bonchev–Trinajstić information content (AvgIpc) is 2.51. The Labute approximate surface area is 131 Å². The van der Waals surface area contributed by atoms with Crippen LogP contribution in [0.2, 0.25) is 0 Å². The third kappa shape index (κ3) is 4.88. The predicted molar refractivity (Wildman–Crippen MR) is 89.2 cm³/mol. The summed E-state index contributed by atoms with van der Waals surface area (Å²) in [6, 6.07) is 15.0. The topological polar surface area (TPSA) is 36.4 Å². The second-order valence-electron chi connectivity index (χ2n) is 5.13. The molecule has 0 aliphatic rings. The molecule has 0 saturated carbocycles. The summed E-state index contributed by atoms with van der Waals surface area (Å²) >= 11 is 0. The number of guanidine groups is 1. The van der Waals surface area contributed by atoms with Crippen molar-refractivity contribution in [3.8, 4) is 0 Å². The smallest absolute Gasteiger partial charge is 0.191 e. The van der Waals surface area contributed by atoms with Crippen molar-refractivity contribution in [2.24, 2.45) is 4.99 Å². The van der Waals surface area contributed by atoms with Crippen LogP contribution in [-0.2, 0) is 13.1 Å². The minimum atomic E-state index is -0.204. The van der Waals surface area contributed by atoms with E-state index in [0.717, 1.165) is 12.1 Å². The fourth-order valence-corrected chi connectivity index (χ4v) is 2.14. The molecule has 0 aliphatic heterocycles. The molecule has 0 amide bonds. The van der Waals surface area contributed by atoms with Crippen molar-refractivity contribution in [3.63, 3.8) is 0 Å². The van der Waals surface area contributed by atoms with Crippen molar-refractivity contribution in [3.05, 3.63) is 71.0 Å². The van der Waals surface area contributed by atoms with Gasteiger partial charge in [-0.25, -0.2) is 9.38 Å². The molecule has 0 atom stereocenters. The lowest BCUT2D eigenvalue weighted by atomic mass is 10.1. The lowest BCUT2D eigenvalue weighted by molar-refractivity contribution is 0.604. The second kappa shape index (κ2) is 8.17. The Kier molecular flexibility index (Phi) is 5.95. The maximum Gasteiger partial charge on any atom is 0.191 e. The summed E-state index contributed by atoms with van der Waals surface area (Å²) in [5.74, 6) is 0.483. The van der Waals surface area contributed by atoms with Gasteiger partial charge in [0.2, 0.25) is 0 Å². The molecule has 0 spiro atoms. The Bertz CT molecular complexity index is 638. The molecule has 116 valence electrons. The van der Waals surface area contributed by atoms with Crippen LogP contribution in [0.15, 0.2) is 53.5 Å². The first-order valence-corrected chi connectivity index (χ1v) is 7.50. The molecular formula is C18H22FN3. The number of nitrogens with one attached hydrogen (secondary N) is 2. The predicted octanol–water partition coefficient (Wildman–Crippen LogP) is 3.39. The Hall–Kier alpha value is -2.36. The van der Waals surface area contributed by atoms with E-state index in [2.05, 4.69) is 40.7 Å². The zero-order valence-electron chi connectivity index (χ0n) is 13.1. The van der Waals surface area contributed by atoms with E-state index in [9.17, 15) is 4.39 Å². The van der Waals surface area contributed by atoms with Crippen molar-refractivity contribution >= 4 is 5.96 Å². The number of hydrogen-bond donors (Lipinski definition) is 2. The zero-order valence-corrected chi connectivity index (χ0v) is 13.1. The second-order valence-corrected chi connectivity index (χ2v) is 5.13. The summed E-state index contributed by atoms with van der Waals surface area (Å²) < 4.78 is 13.6. The van der Waals surface area contributed by atoms with E-state index in [1.54, 1.807) is 12.1 Å². The minimum absolute atomic E-state index is 0.204. The zero-order chi connectivity index (χ0) is 15.8. The van der Waals surface area contributed by atoms with Gasteiger partial charge in [-0.1, -0.05) is 48.0 Å². The van der Waals surface area contributed by atoms with Gasteiger partial charge < -0.3 is 10.6 Å². The highest BCUT2D eigenvalue weighted by Gasteiger charge is 2.02. The van der Waals surface area contributed by atoms with Crippen LogP contribution in [0, 0.1) is 12.7 Å². The molecule has 22 heavy (non-hydrogen) atoms. The van der Waals surface area contributed by atoms with Gasteiger partial charge >= 0.3 is 0 Å². The van der Waals surface area contributed by atoms with Gasteiger partial charge in [0.15, 0.2) is 5.96 Å². The van der Waals surface area contributed by atoms with Gasteiger partial charge in [0.1, 0.15) is 5.82 Å². The number of rotatable bonds is 5. The Balaban J connectivity index is 2.00. The molecule has 0 aromatic heterocycles. The first-order chi connectivity index (χ1) is 10.7. The highest BCUT2D eigenvalue weighted by Crippen LogP contribution is 2.06. The van der Waals surface area contributed by atoms with Crippen LogP contribution in [0.4, 0.5) is 4.39 Å². The van der Waals surface area contributed by atoms with Gasteiger partial charge in [-0.3, -0.25) is 0 Å². The third-order valence-electron chi connectivity index (χ3n) is 3.25. The molecule has 3 nitrogen and oxygen atoms in total. The lowest BCUT2D eigenvalue weighted by Gasteiger charge is -2.12. The average molecular weight is 299 g/mol. The first kappa shape index (κ1) is 16.0. The first-order valence-electron chi connectivity index (χ1n) is 7.50. The van der Waals surface area contributed by atoms with Gasteiger partial charge in [-0.2, -0.15) is 0 Å². The number of aliphatic imine (C=N–C) groups is 1. The lowest BCUT2D eigenvalue weighted by Crippen LogP contribution is -2.37. The molecule has 2 rings (SSSR count). The normalized spacial score (nSPS) is 11.3. The van der Waals surface area contributed by atoms with Crippen LogP contribution < -0.4 is 10.6 Å². The van der Waals surface area contributed by atoms with Crippen LogP contribution in [0.25, 0.3) is 0 Å². The van der Waals surface area contributed by atoms with Crippen LogP contribution in [0.3, 0.4) is 0 Å². The van der Waals surface area contributed by atoms with Crippen LogP contribution in [0.5, 0.6) is 0 Å². The van der Waals surface area contributed by atoms with E-state index in [-0.39, 0.29) is 5.82 Å². The van der Waals surface area contributed by atoms with E-state index in [4.69, 9.17) is 0 Å².